The molecule has 0 bridgehead atoms. The fraction of sp³-hybridized carbons (Fsp3) is 0.875. The molecule has 0 amide bonds. The molecule has 3 heteroatoms. The summed E-state index contributed by atoms with van der Waals surface area (Å²) in [7, 11) is 0. The Balaban J connectivity index is 3.12. The summed E-state index contributed by atoms with van der Waals surface area (Å²) in [4.78, 5) is 11.3. The predicted octanol–water partition coefficient (Wildman–Crippen LogP) is 8.06. The Morgan fingerprint density at radius 3 is 1.63 bits per heavy atom. The fourth-order valence-corrected chi connectivity index (χ4v) is 3.37. The van der Waals surface area contributed by atoms with Crippen molar-refractivity contribution in [3.05, 3.63) is 12.2 Å². The fourth-order valence-electron chi connectivity index (χ4n) is 3.28. The van der Waals surface area contributed by atoms with Gasteiger partial charge in [0, 0.05) is 12.2 Å². The maximum absolute atomic E-state index is 11.3. The van der Waals surface area contributed by atoms with Crippen molar-refractivity contribution in [1.82, 2.24) is 0 Å². The number of carbonyl (C=O) groups is 1. The van der Waals surface area contributed by atoms with Gasteiger partial charge < -0.3 is 4.74 Å². The van der Waals surface area contributed by atoms with Gasteiger partial charge in [-0.3, -0.25) is 4.79 Å². The van der Waals surface area contributed by atoms with Crippen molar-refractivity contribution in [2.75, 3.05) is 12.4 Å². The van der Waals surface area contributed by atoms with E-state index < -0.39 is 0 Å². The number of hydrogen-bond donors (Lipinski definition) is 1. The number of unbranched alkanes of at least 4 members (excludes halogenated alkanes) is 15. The van der Waals surface area contributed by atoms with Crippen LogP contribution in [0.5, 0.6) is 0 Å². The molecule has 0 fully saturated rings. The number of thiol groups is 1. The lowest BCUT2D eigenvalue weighted by molar-refractivity contribution is -0.143. The topological polar surface area (TPSA) is 26.3 Å². The molecule has 0 radical (unpaired) electrons. The Kier molecular flexibility index (Phi) is 23.2. The van der Waals surface area contributed by atoms with Crippen LogP contribution in [0.25, 0.3) is 0 Å². The van der Waals surface area contributed by atoms with E-state index in [-0.39, 0.29) is 5.97 Å². The van der Waals surface area contributed by atoms with Crippen LogP contribution in [0.2, 0.25) is 0 Å². The first kappa shape index (κ1) is 26.6. The minimum Gasteiger partial charge on any atom is -0.465 e. The van der Waals surface area contributed by atoms with E-state index in [1.807, 2.05) is 0 Å². The number of allylic oxidation sites excluding steroid dienone is 2. The molecule has 0 saturated carbocycles. The molecule has 160 valence electrons. The van der Waals surface area contributed by atoms with Crippen molar-refractivity contribution in [2.45, 2.75) is 122 Å². The third-order valence-electron chi connectivity index (χ3n) is 5.00. The third-order valence-corrected chi connectivity index (χ3v) is 5.18. The second kappa shape index (κ2) is 23.6. The second-order valence-electron chi connectivity index (χ2n) is 7.69. The molecule has 27 heavy (non-hydrogen) atoms. The Labute approximate surface area is 175 Å². The highest BCUT2D eigenvalue weighted by Crippen LogP contribution is 2.12. The molecule has 0 aromatic heterocycles. The average Bonchev–Trinajstić information content (AvgIpc) is 2.68. The van der Waals surface area contributed by atoms with Gasteiger partial charge in [0.15, 0.2) is 0 Å². The van der Waals surface area contributed by atoms with E-state index in [0.29, 0.717) is 18.8 Å². The third kappa shape index (κ3) is 23.5. The Bertz CT molecular complexity index is 328. The zero-order chi connectivity index (χ0) is 19.8. The van der Waals surface area contributed by atoms with Gasteiger partial charge in [-0.2, -0.15) is 12.6 Å². The van der Waals surface area contributed by atoms with Crippen LogP contribution in [0, 0.1) is 0 Å². The maximum Gasteiger partial charge on any atom is 0.305 e. The highest BCUT2D eigenvalue weighted by atomic mass is 32.1. The lowest BCUT2D eigenvalue weighted by Crippen LogP contribution is -2.06. The lowest BCUT2D eigenvalue weighted by Gasteiger charge is -2.03. The van der Waals surface area contributed by atoms with Gasteiger partial charge in [0.05, 0.1) is 0 Å². The van der Waals surface area contributed by atoms with Gasteiger partial charge in [0.1, 0.15) is 6.61 Å². The Morgan fingerprint density at radius 2 is 1.15 bits per heavy atom. The zero-order valence-corrected chi connectivity index (χ0v) is 19.0. The van der Waals surface area contributed by atoms with Crippen LogP contribution < -0.4 is 0 Å². The molecule has 0 heterocycles. The van der Waals surface area contributed by atoms with E-state index in [4.69, 9.17) is 4.74 Å². The van der Waals surface area contributed by atoms with E-state index in [1.54, 1.807) is 0 Å². The van der Waals surface area contributed by atoms with Crippen molar-refractivity contribution in [3.63, 3.8) is 0 Å². The standard InChI is InChI=1S/C24H46O2S/c1-2-3-4-5-6-7-8-9-10-11-12-13-14-15-16-17-18-19-20-21-24(25)26-22-23-27/h9-10,27H,2-8,11-23H2,1H3/b10-9+. The van der Waals surface area contributed by atoms with Crippen LogP contribution >= 0.6 is 12.6 Å². The summed E-state index contributed by atoms with van der Waals surface area (Å²) in [6.07, 6.45) is 27.8. The molecule has 0 rings (SSSR count). The molecular formula is C24H46O2S. The molecule has 0 aromatic carbocycles. The minimum absolute atomic E-state index is 0.0647. The monoisotopic (exact) mass is 398 g/mol. The van der Waals surface area contributed by atoms with E-state index >= 15 is 0 Å². The number of rotatable bonds is 21. The number of carbonyl (C=O) groups excluding carboxylic acids is 1. The molecule has 2 nitrogen and oxygen atoms in total. The van der Waals surface area contributed by atoms with Gasteiger partial charge in [-0.05, 0) is 32.1 Å². The van der Waals surface area contributed by atoms with Crippen molar-refractivity contribution in [3.8, 4) is 0 Å². The first-order valence-corrected chi connectivity index (χ1v) is 12.4. The van der Waals surface area contributed by atoms with Gasteiger partial charge >= 0.3 is 5.97 Å². The molecule has 0 N–H and O–H groups in total. The van der Waals surface area contributed by atoms with E-state index in [1.165, 1.54) is 96.3 Å². The average molecular weight is 399 g/mol. The first-order chi connectivity index (χ1) is 13.3. The van der Waals surface area contributed by atoms with Crippen LogP contribution in [0.15, 0.2) is 12.2 Å². The minimum atomic E-state index is -0.0647. The Morgan fingerprint density at radius 1 is 0.704 bits per heavy atom. The second-order valence-corrected chi connectivity index (χ2v) is 8.14. The van der Waals surface area contributed by atoms with Crippen molar-refractivity contribution < 1.29 is 9.53 Å². The SMILES string of the molecule is CCCCCCCC/C=C/CCCCCCCCCCCC(=O)OCCS. The summed E-state index contributed by atoms with van der Waals surface area (Å²) in [5, 5.41) is 0. The zero-order valence-electron chi connectivity index (χ0n) is 18.1. The summed E-state index contributed by atoms with van der Waals surface area (Å²) in [6, 6.07) is 0. The summed E-state index contributed by atoms with van der Waals surface area (Å²) in [6.45, 7) is 2.72. The van der Waals surface area contributed by atoms with Crippen LogP contribution in [0.4, 0.5) is 0 Å². The normalized spacial score (nSPS) is 11.3. The Hall–Kier alpha value is -0.440. The smallest absolute Gasteiger partial charge is 0.305 e. The van der Waals surface area contributed by atoms with Crippen molar-refractivity contribution in [1.29, 1.82) is 0 Å². The van der Waals surface area contributed by atoms with E-state index in [2.05, 4.69) is 31.7 Å². The van der Waals surface area contributed by atoms with E-state index in [9.17, 15) is 4.79 Å². The van der Waals surface area contributed by atoms with Gasteiger partial charge in [-0.25, -0.2) is 0 Å². The van der Waals surface area contributed by atoms with Crippen LogP contribution in [0.1, 0.15) is 122 Å². The summed E-state index contributed by atoms with van der Waals surface area (Å²) in [5.41, 5.74) is 0. The molecule has 0 saturated heterocycles. The van der Waals surface area contributed by atoms with Crippen molar-refractivity contribution >= 4 is 18.6 Å². The quantitative estimate of drug-likeness (QED) is 0.0915. The van der Waals surface area contributed by atoms with Crippen LogP contribution in [-0.2, 0) is 9.53 Å². The van der Waals surface area contributed by atoms with Gasteiger partial charge in [0.25, 0.3) is 0 Å². The number of hydrogen-bond acceptors (Lipinski definition) is 3. The molecule has 0 atom stereocenters. The molecule has 0 aromatic rings. The van der Waals surface area contributed by atoms with Gasteiger partial charge in [-0.1, -0.05) is 96.1 Å². The van der Waals surface area contributed by atoms with Gasteiger partial charge in [0.2, 0.25) is 0 Å². The number of esters is 1. The molecule has 0 spiro atoms. The molecule has 0 aliphatic heterocycles. The molecule has 0 aliphatic carbocycles. The molecular weight excluding hydrogens is 352 g/mol. The van der Waals surface area contributed by atoms with Crippen LogP contribution in [0.3, 0.4) is 0 Å². The lowest BCUT2D eigenvalue weighted by atomic mass is 10.1. The van der Waals surface area contributed by atoms with Gasteiger partial charge in [-0.15, -0.1) is 0 Å². The highest BCUT2D eigenvalue weighted by molar-refractivity contribution is 7.80. The van der Waals surface area contributed by atoms with Crippen LogP contribution in [-0.4, -0.2) is 18.3 Å². The largest absolute Gasteiger partial charge is 0.465 e. The predicted molar refractivity (Wildman–Crippen MR) is 123 cm³/mol. The summed E-state index contributed by atoms with van der Waals surface area (Å²) >= 11 is 4.03. The molecule has 0 unspecified atom stereocenters. The van der Waals surface area contributed by atoms with E-state index in [0.717, 1.165) is 12.8 Å². The first-order valence-electron chi connectivity index (χ1n) is 11.7. The number of ether oxygens (including phenoxy) is 1. The highest BCUT2D eigenvalue weighted by Gasteiger charge is 2.01. The maximum atomic E-state index is 11.3. The molecule has 0 aliphatic rings. The van der Waals surface area contributed by atoms with Crippen molar-refractivity contribution in [2.24, 2.45) is 0 Å². The summed E-state index contributed by atoms with van der Waals surface area (Å²) < 4.78 is 5.01. The summed E-state index contributed by atoms with van der Waals surface area (Å²) in [5.74, 6) is 0.548.